The van der Waals surface area contributed by atoms with E-state index in [1.54, 1.807) is 0 Å². The summed E-state index contributed by atoms with van der Waals surface area (Å²) in [6.45, 7) is 9.78. The highest BCUT2D eigenvalue weighted by molar-refractivity contribution is 5.82. The number of hydrogen-bond donors (Lipinski definition) is 1. The third kappa shape index (κ3) is 3.05. The van der Waals surface area contributed by atoms with Crippen LogP contribution in [0.4, 0.5) is 0 Å². The predicted octanol–water partition coefficient (Wildman–Crippen LogP) is 2.41. The molecule has 0 bridgehead atoms. The van der Waals surface area contributed by atoms with Crippen molar-refractivity contribution in [2.45, 2.75) is 58.9 Å². The van der Waals surface area contributed by atoms with Crippen LogP contribution in [0.2, 0.25) is 0 Å². The normalized spacial score (nSPS) is 32.3. The van der Waals surface area contributed by atoms with E-state index in [0.29, 0.717) is 17.2 Å². The van der Waals surface area contributed by atoms with Gasteiger partial charge >= 0.3 is 0 Å². The first-order valence-electron chi connectivity index (χ1n) is 7.56. The Morgan fingerprint density at radius 2 is 2.06 bits per heavy atom. The lowest BCUT2D eigenvalue weighted by Gasteiger charge is -2.41. The van der Waals surface area contributed by atoms with Crippen LogP contribution in [0.15, 0.2) is 0 Å². The first-order valence-corrected chi connectivity index (χ1v) is 7.56. The molecule has 1 N–H and O–H groups in total. The fraction of sp³-hybridized carbons (Fsp3) is 0.933. The van der Waals surface area contributed by atoms with Crippen molar-refractivity contribution >= 4 is 5.91 Å². The fourth-order valence-corrected chi connectivity index (χ4v) is 3.14. The molecule has 0 aromatic heterocycles. The summed E-state index contributed by atoms with van der Waals surface area (Å²) in [5, 5.41) is 3.39. The van der Waals surface area contributed by atoms with Gasteiger partial charge < -0.3 is 10.2 Å². The molecule has 2 rings (SSSR count). The monoisotopic (exact) mass is 252 g/mol. The van der Waals surface area contributed by atoms with Crippen molar-refractivity contribution < 1.29 is 4.79 Å². The van der Waals surface area contributed by atoms with Crippen LogP contribution in [0.25, 0.3) is 0 Å². The van der Waals surface area contributed by atoms with Crippen molar-refractivity contribution in [2.24, 2.45) is 11.3 Å². The van der Waals surface area contributed by atoms with E-state index >= 15 is 0 Å². The first-order chi connectivity index (χ1) is 8.54. The van der Waals surface area contributed by atoms with Crippen LogP contribution < -0.4 is 5.32 Å². The zero-order valence-electron chi connectivity index (χ0n) is 12.2. The van der Waals surface area contributed by atoms with Crippen LogP contribution in [0.5, 0.6) is 0 Å². The summed E-state index contributed by atoms with van der Waals surface area (Å²) in [6.07, 6.45) is 5.78. The predicted molar refractivity (Wildman–Crippen MR) is 74.4 cm³/mol. The third-order valence-corrected chi connectivity index (χ3v) is 5.10. The Bertz CT molecular complexity index is 295. The zero-order valence-corrected chi connectivity index (χ0v) is 12.2. The van der Waals surface area contributed by atoms with Crippen LogP contribution >= 0.6 is 0 Å². The van der Waals surface area contributed by atoms with E-state index in [4.69, 9.17) is 0 Å². The Hall–Kier alpha value is -0.570. The van der Waals surface area contributed by atoms with E-state index in [1.807, 2.05) is 0 Å². The van der Waals surface area contributed by atoms with E-state index in [9.17, 15) is 4.79 Å². The summed E-state index contributed by atoms with van der Waals surface area (Å²) in [5.74, 6) is 1.03. The Morgan fingerprint density at radius 3 is 2.61 bits per heavy atom. The van der Waals surface area contributed by atoms with Crippen LogP contribution in [-0.4, -0.2) is 36.5 Å². The van der Waals surface area contributed by atoms with E-state index in [2.05, 4.69) is 31.0 Å². The molecule has 1 amide bonds. The highest BCUT2D eigenvalue weighted by atomic mass is 16.2. The molecule has 2 atom stereocenters. The maximum absolute atomic E-state index is 12.5. The van der Waals surface area contributed by atoms with E-state index in [-0.39, 0.29) is 6.04 Å². The molecule has 0 radical (unpaired) electrons. The molecule has 2 saturated heterocycles. The first kappa shape index (κ1) is 13.9. The number of piperidine rings is 2. The minimum Gasteiger partial charge on any atom is -0.341 e. The largest absolute Gasteiger partial charge is 0.341 e. The fourth-order valence-electron chi connectivity index (χ4n) is 3.14. The van der Waals surface area contributed by atoms with Crippen LogP contribution in [0.1, 0.15) is 52.9 Å². The molecule has 3 heteroatoms. The van der Waals surface area contributed by atoms with E-state index in [1.165, 1.54) is 12.8 Å². The zero-order chi connectivity index (χ0) is 13.2. The average molecular weight is 252 g/mol. The van der Waals surface area contributed by atoms with Crippen LogP contribution in [-0.2, 0) is 4.79 Å². The minimum atomic E-state index is 0.0831. The summed E-state index contributed by atoms with van der Waals surface area (Å²) in [6, 6.07) is 0.0831. The molecule has 0 aromatic rings. The van der Waals surface area contributed by atoms with Gasteiger partial charge in [-0.25, -0.2) is 0 Å². The second kappa shape index (κ2) is 5.60. The van der Waals surface area contributed by atoms with Gasteiger partial charge in [-0.3, -0.25) is 4.79 Å². The molecular formula is C15H28N2O. The second-order valence-electron chi connectivity index (χ2n) is 6.63. The lowest BCUT2D eigenvalue weighted by Crippen LogP contribution is -2.52. The van der Waals surface area contributed by atoms with Crippen molar-refractivity contribution in [2.75, 3.05) is 19.6 Å². The summed E-state index contributed by atoms with van der Waals surface area (Å²) in [7, 11) is 0. The van der Waals surface area contributed by atoms with Gasteiger partial charge in [-0.1, -0.05) is 27.2 Å². The maximum Gasteiger partial charge on any atom is 0.239 e. The van der Waals surface area contributed by atoms with Gasteiger partial charge in [-0.2, -0.15) is 0 Å². The number of rotatable bonds is 2. The Morgan fingerprint density at radius 1 is 1.39 bits per heavy atom. The Labute approximate surface area is 111 Å². The lowest BCUT2D eigenvalue weighted by molar-refractivity contribution is -0.136. The Balaban J connectivity index is 1.87. The lowest BCUT2D eigenvalue weighted by atomic mass is 9.78. The molecule has 0 saturated carbocycles. The van der Waals surface area contributed by atoms with Crippen molar-refractivity contribution in [1.29, 1.82) is 0 Å². The van der Waals surface area contributed by atoms with Gasteiger partial charge in [-0.05, 0) is 43.6 Å². The third-order valence-electron chi connectivity index (χ3n) is 5.10. The molecule has 2 heterocycles. The molecule has 2 aliphatic rings. The van der Waals surface area contributed by atoms with Gasteiger partial charge in [0.25, 0.3) is 0 Å². The standard InChI is InChI=1S/C15H28N2O/c1-4-15(3)6-9-17(10-7-15)14(18)13-11-12(2)5-8-16-13/h12-13,16H,4-11H2,1-3H3. The van der Waals surface area contributed by atoms with Gasteiger partial charge in [0.1, 0.15) is 0 Å². The maximum atomic E-state index is 12.5. The number of hydrogen-bond acceptors (Lipinski definition) is 2. The molecular weight excluding hydrogens is 224 g/mol. The highest BCUT2D eigenvalue weighted by Crippen LogP contribution is 2.34. The van der Waals surface area contributed by atoms with Gasteiger partial charge in [0.2, 0.25) is 5.91 Å². The van der Waals surface area contributed by atoms with Crippen molar-refractivity contribution in [3.63, 3.8) is 0 Å². The van der Waals surface area contributed by atoms with Gasteiger partial charge in [0.05, 0.1) is 6.04 Å². The number of carbonyl (C=O) groups excluding carboxylic acids is 1. The summed E-state index contributed by atoms with van der Waals surface area (Å²) in [5.41, 5.74) is 0.462. The number of amides is 1. The van der Waals surface area contributed by atoms with Crippen molar-refractivity contribution in [3.05, 3.63) is 0 Å². The molecule has 104 valence electrons. The number of nitrogens with zero attached hydrogens (tertiary/aromatic N) is 1. The van der Waals surface area contributed by atoms with Crippen LogP contribution in [0, 0.1) is 11.3 Å². The minimum absolute atomic E-state index is 0.0831. The van der Waals surface area contributed by atoms with Crippen molar-refractivity contribution in [3.8, 4) is 0 Å². The van der Waals surface area contributed by atoms with E-state index < -0.39 is 0 Å². The molecule has 0 spiro atoms. The van der Waals surface area contributed by atoms with Crippen molar-refractivity contribution in [1.82, 2.24) is 10.2 Å². The second-order valence-corrected chi connectivity index (χ2v) is 6.63. The molecule has 0 aliphatic carbocycles. The topological polar surface area (TPSA) is 32.3 Å². The molecule has 2 aliphatic heterocycles. The Kier molecular flexibility index (Phi) is 4.31. The van der Waals surface area contributed by atoms with Gasteiger partial charge in [-0.15, -0.1) is 0 Å². The number of likely N-dealkylation sites (tertiary alicyclic amines) is 1. The average Bonchev–Trinajstić information content (AvgIpc) is 2.39. The molecule has 3 nitrogen and oxygen atoms in total. The molecule has 0 aromatic carbocycles. The molecule has 2 fully saturated rings. The summed E-state index contributed by atoms with van der Waals surface area (Å²) >= 11 is 0. The molecule has 18 heavy (non-hydrogen) atoms. The van der Waals surface area contributed by atoms with Crippen LogP contribution in [0.3, 0.4) is 0 Å². The highest BCUT2D eigenvalue weighted by Gasteiger charge is 2.34. The number of carbonyl (C=O) groups is 1. The summed E-state index contributed by atoms with van der Waals surface area (Å²) in [4.78, 5) is 14.6. The SMILES string of the molecule is CCC1(C)CCN(C(=O)C2CC(C)CCN2)CC1. The number of nitrogens with one attached hydrogen (secondary N) is 1. The molecule has 2 unspecified atom stereocenters. The van der Waals surface area contributed by atoms with Gasteiger partial charge in [0.15, 0.2) is 0 Å². The smallest absolute Gasteiger partial charge is 0.239 e. The quantitative estimate of drug-likeness (QED) is 0.818. The van der Waals surface area contributed by atoms with E-state index in [0.717, 1.165) is 38.9 Å². The van der Waals surface area contributed by atoms with Gasteiger partial charge in [0, 0.05) is 13.1 Å². The summed E-state index contributed by atoms with van der Waals surface area (Å²) < 4.78 is 0.